The van der Waals surface area contributed by atoms with E-state index in [1.807, 2.05) is 83.1 Å². The molecular formula is C29H28FNO2. The Morgan fingerprint density at radius 3 is 2.27 bits per heavy atom. The molecule has 0 fully saturated rings. The zero-order chi connectivity index (χ0) is 23.8. The largest absolute Gasteiger partial charge is 0.360 e. The number of hydrogen-bond donors (Lipinski definition) is 0. The van der Waals surface area contributed by atoms with E-state index in [9.17, 15) is 9.18 Å². The molecule has 3 aromatic carbocycles. The van der Waals surface area contributed by atoms with Crippen molar-refractivity contribution in [2.24, 2.45) is 5.41 Å². The molecule has 0 aliphatic rings. The maximum absolute atomic E-state index is 14.9. The van der Waals surface area contributed by atoms with Gasteiger partial charge in [0.15, 0.2) is 5.78 Å². The van der Waals surface area contributed by atoms with Gasteiger partial charge in [-0.25, -0.2) is 4.39 Å². The number of halogens is 1. The maximum Gasteiger partial charge on any atom is 0.163 e. The van der Waals surface area contributed by atoms with Gasteiger partial charge in [0.25, 0.3) is 0 Å². The highest BCUT2D eigenvalue weighted by molar-refractivity contribution is 6.00. The van der Waals surface area contributed by atoms with Crippen LogP contribution in [0.4, 0.5) is 4.39 Å². The minimum absolute atomic E-state index is 0.0217. The predicted octanol–water partition coefficient (Wildman–Crippen LogP) is 8.05. The molecule has 4 aromatic rings. The van der Waals surface area contributed by atoms with Gasteiger partial charge in [-0.1, -0.05) is 68.4 Å². The zero-order valence-corrected chi connectivity index (χ0v) is 19.7. The van der Waals surface area contributed by atoms with Crippen LogP contribution in [0.3, 0.4) is 0 Å². The van der Waals surface area contributed by atoms with Crippen LogP contribution in [0.25, 0.3) is 33.5 Å². The van der Waals surface area contributed by atoms with Gasteiger partial charge >= 0.3 is 0 Å². The van der Waals surface area contributed by atoms with Crippen LogP contribution in [-0.4, -0.2) is 10.9 Å². The Labute approximate surface area is 194 Å². The number of nitrogens with zero attached hydrogens (tertiary/aromatic N) is 1. The summed E-state index contributed by atoms with van der Waals surface area (Å²) in [6.45, 7) is 9.81. The van der Waals surface area contributed by atoms with E-state index < -0.39 is 0 Å². The van der Waals surface area contributed by atoms with E-state index in [1.54, 1.807) is 12.1 Å². The fraction of sp³-hybridized carbons (Fsp3) is 0.241. The van der Waals surface area contributed by atoms with Gasteiger partial charge in [-0.2, -0.15) is 0 Å². The van der Waals surface area contributed by atoms with Gasteiger partial charge in [0.2, 0.25) is 0 Å². The van der Waals surface area contributed by atoms with Crippen molar-refractivity contribution in [3.05, 3.63) is 89.4 Å². The van der Waals surface area contributed by atoms with Crippen molar-refractivity contribution in [3.8, 4) is 33.5 Å². The molecule has 0 N–H and O–H groups in total. The molecule has 0 aliphatic heterocycles. The number of hydrogen-bond acceptors (Lipinski definition) is 3. The summed E-state index contributed by atoms with van der Waals surface area (Å²) in [6.07, 6.45) is 0.389. The summed E-state index contributed by atoms with van der Waals surface area (Å²) in [6, 6.07) is 20.5. The number of carbonyl (C=O) groups excluding carboxylic acids is 1. The predicted molar refractivity (Wildman–Crippen MR) is 131 cm³/mol. The van der Waals surface area contributed by atoms with Crippen molar-refractivity contribution in [3.63, 3.8) is 0 Å². The Bertz CT molecular complexity index is 1310. The minimum Gasteiger partial charge on any atom is -0.360 e. The van der Waals surface area contributed by atoms with Crippen LogP contribution in [0, 0.1) is 25.1 Å². The van der Waals surface area contributed by atoms with Gasteiger partial charge in [0, 0.05) is 23.1 Å². The molecule has 1 aromatic heterocycles. The molecular weight excluding hydrogens is 413 g/mol. The molecule has 4 rings (SSSR count). The molecule has 0 amide bonds. The Morgan fingerprint density at radius 1 is 0.909 bits per heavy atom. The second-order valence-electron chi connectivity index (χ2n) is 9.77. The molecule has 0 saturated carbocycles. The zero-order valence-electron chi connectivity index (χ0n) is 19.7. The van der Waals surface area contributed by atoms with Crippen molar-refractivity contribution < 1.29 is 13.7 Å². The molecule has 33 heavy (non-hydrogen) atoms. The van der Waals surface area contributed by atoms with E-state index in [-0.39, 0.29) is 17.0 Å². The highest BCUT2D eigenvalue weighted by Gasteiger charge is 2.22. The van der Waals surface area contributed by atoms with E-state index in [0.717, 1.165) is 22.3 Å². The first kappa shape index (κ1) is 22.7. The van der Waals surface area contributed by atoms with Crippen molar-refractivity contribution in [1.29, 1.82) is 0 Å². The second-order valence-corrected chi connectivity index (χ2v) is 9.77. The molecule has 3 nitrogen and oxygen atoms in total. The summed E-state index contributed by atoms with van der Waals surface area (Å²) >= 11 is 0. The SMILES string of the molecule is Cc1ccc(-c2cc(C(=O)CC(C)(C)C)cc(-c3c(-c4ccccc4)noc3C)c2)c(F)c1. The number of carbonyl (C=O) groups is 1. The summed E-state index contributed by atoms with van der Waals surface area (Å²) in [5.41, 5.74) is 5.55. The summed E-state index contributed by atoms with van der Waals surface area (Å²) in [7, 11) is 0. The van der Waals surface area contributed by atoms with Crippen LogP contribution >= 0.6 is 0 Å². The van der Waals surface area contributed by atoms with E-state index in [4.69, 9.17) is 4.52 Å². The molecule has 0 bridgehead atoms. The van der Waals surface area contributed by atoms with Crippen LogP contribution in [0.5, 0.6) is 0 Å². The van der Waals surface area contributed by atoms with Crippen molar-refractivity contribution in [1.82, 2.24) is 5.16 Å². The third kappa shape index (κ3) is 4.95. The van der Waals surface area contributed by atoms with Gasteiger partial charge in [0.1, 0.15) is 17.3 Å². The van der Waals surface area contributed by atoms with E-state index in [2.05, 4.69) is 5.16 Å². The van der Waals surface area contributed by atoms with Crippen LogP contribution in [0.2, 0.25) is 0 Å². The first-order valence-corrected chi connectivity index (χ1v) is 11.1. The van der Waals surface area contributed by atoms with E-state index in [1.165, 1.54) is 6.07 Å². The Hall–Kier alpha value is -3.53. The minimum atomic E-state index is -0.313. The molecule has 1 heterocycles. The average Bonchev–Trinajstić information content (AvgIpc) is 3.14. The Kier molecular flexibility index (Phi) is 6.03. The van der Waals surface area contributed by atoms with Crippen molar-refractivity contribution >= 4 is 5.78 Å². The smallest absolute Gasteiger partial charge is 0.163 e. The Balaban J connectivity index is 1.93. The number of ketones is 1. The lowest BCUT2D eigenvalue weighted by Gasteiger charge is -2.18. The average molecular weight is 442 g/mol. The third-order valence-electron chi connectivity index (χ3n) is 5.58. The van der Waals surface area contributed by atoms with E-state index in [0.29, 0.717) is 34.6 Å². The summed E-state index contributed by atoms with van der Waals surface area (Å²) in [4.78, 5) is 13.2. The highest BCUT2D eigenvalue weighted by Crippen LogP contribution is 2.38. The number of benzene rings is 3. The highest BCUT2D eigenvalue weighted by atomic mass is 19.1. The van der Waals surface area contributed by atoms with Gasteiger partial charge in [-0.3, -0.25) is 4.79 Å². The molecule has 0 saturated heterocycles. The van der Waals surface area contributed by atoms with Gasteiger partial charge in [0.05, 0.1) is 5.56 Å². The Morgan fingerprint density at radius 2 is 1.61 bits per heavy atom. The van der Waals surface area contributed by atoms with Crippen LogP contribution < -0.4 is 0 Å². The fourth-order valence-corrected chi connectivity index (χ4v) is 4.03. The monoisotopic (exact) mass is 441 g/mol. The lowest BCUT2D eigenvalue weighted by Crippen LogP contribution is -2.13. The van der Waals surface area contributed by atoms with Crippen molar-refractivity contribution in [2.75, 3.05) is 0 Å². The lowest BCUT2D eigenvalue weighted by atomic mass is 9.86. The van der Waals surface area contributed by atoms with Crippen LogP contribution in [0.15, 0.2) is 71.3 Å². The summed E-state index contributed by atoms with van der Waals surface area (Å²) in [5, 5.41) is 4.29. The third-order valence-corrected chi connectivity index (χ3v) is 5.58. The molecule has 4 heteroatoms. The maximum atomic E-state index is 14.9. The molecule has 168 valence electrons. The lowest BCUT2D eigenvalue weighted by molar-refractivity contribution is 0.0940. The topological polar surface area (TPSA) is 43.1 Å². The molecule has 0 unspecified atom stereocenters. The summed E-state index contributed by atoms with van der Waals surface area (Å²) in [5.74, 6) is 0.352. The van der Waals surface area contributed by atoms with Gasteiger partial charge < -0.3 is 4.52 Å². The fourth-order valence-electron chi connectivity index (χ4n) is 4.03. The second kappa shape index (κ2) is 8.78. The number of rotatable bonds is 5. The van der Waals surface area contributed by atoms with Gasteiger partial charge in [-0.05, 0) is 60.2 Å². The van der Waals surface area contributed by atoms with Crippen LogP contribution in [0.1, 0.15) is 48.9 Å². The van der Waals surface area contributed by atoms with Crippen molar-refractivity contribution in [2.45, 2.75) is 41.0 Å². The molecule has 0 atom stereocenters. The number of aromatic nitrogens is 1. The number of Topliss-reactive ketones (excluding diaryl/α,β-unsaturated/α-hetero) is 1. The molecule has 0 radical (unpaired) electrons. The van der Waals surface area contributed by atoms with Crippen LogP contribution in [-0.2, 0) is 0 Å². The standard InChI is InChI=1S/C29H28FNO2/c1-18-11-12-24(25(30)13-18)21-14-22(26(32)17-29(3,4)5)16-23(15-21)27-19(2)33-31-28(27)20-9-7-6-8-10-20/h6-16H,17H2,1-5H3. The first-order chi connectivity index (χ1) is 15.6. The van der Waals surface area contributed by atoms with E-state index >= 15 is 0 Å². The molecule has 0 spiro atoms. The van der Waals surface area contributed by atoms with Gasteiger partial charge in [-0.15, -0.1) is 0 Å². The normalized spacial score (nSPS) is 11.6. The quantitative estimate of drug-likeness (QED) is 0.294. The first-order valence-electron chi connectivity index (χ1n) is 11.1. The molecule has 0 aliphatic carbocycles. The number of aryl methyl sites for hydroxylation is 2. The summed E-state index contributed by atoms with van der Waals surface area (Å²) < 4.78 is 20.5.